The van der Waals surface area contributed by atoms with Gasteiger partial charge in [0.2, 0.25) is 23.6 Å². The highest BCUT2D eigenvalue weighted by atomic mass is 32.2. The Hall–Kier alpha value is -7.95. The molecule has 0 spiro atoms. The van der Waals surface area contributed by atoms with E-state index in [1.807, 2.05) is 31.2 Å². The van der Waals surface area contributed by atoms with Gasteiger partial charge in [0.1, 0.15) is 17.8 Å². The van der Waals surface area contributed by atoms with Crippen molar-refractivity contribution < 1.29 is 76.8 Å². The fourth-order valence-corrected chi connectivity index (χ4v) is 11.2. The van der Waals surface area contributed by atoms with E-state index in [2.05, 4.69) is 31.2 Å². The number of unbranched alkanes of at least 4 members (excludes halogenated alkanes) is 2. The molecule has 490 valence electrons. The molecule has 4 heterocycles. The number of nitrogens with one attached hydrogen (secondary N) is 4. The van der Waals surface area contributed by atoms with Crippen LogP contribution in [-0.2, 0) is 40.0 Å². The molecule has 0 radical (unpaired) electrons. The second-order valence-corrected chi connectivity index (χ2v) is 23.5. The number of ether oxygens (including phenoxy) is 1. The number of halogens is 2. The third-order valence-electron chi connectivity index (χ3n) is 15.5. The number of carboxylic acid groups (broad SMARTS) is 3. The first-order chi connectivity index (χ1) is 43.0. The minimum absolute atomic E-state index is 0.0815. The van der Waals surface area contributed by atoms with E-state index in [0.29, 0.717) is 93.1 Å². The van der Waals surface area contributed by atoms with Crippen LogP contribution in [0.15, 0.2) is 54.7 Å². The molecule has 27 nitrogen and oxygen atoms in total. The predicted molar refractivity (Wildman–Crippen MR) is 326 cm³/mol. The molecule has 7 N–H and O–H groups in total. The van der Waals surface area contributed by atoms with Gasteiger partial charge in [-0.1, -0.05) is 42.7 Å². The Balaban J connectivity index is 0.979. The van der Waals surface area contributed by atoms with Crippen LogP contribution < -0.4 is 26.0 Å². The van der Waals surface area contributed by atoms with Gasteiger partial charge in [0.15, 0.2) is 0 Å². The van der Waals surface area contributed by atoms with Crippen LogP contribution in [0.1, 0.15) is 72.9 Å². The predicted octanol–water partition coefficient (Wildman–Crippen LogP) is 2.17. The highest BCUT2D eigenvalue weighted by Gasteiger charge is 2.47. The van der Waals surface area contributed by atoms with E-state index >= 15 is 0 Å². The number of imide groups is 1. The largest absolute Gasteiger partial charge is 0.494 e. The Morgan fingerprint density at radius 1 is 0.722 bits per heavy atom. The second kappa shape index (κ2) is 36.0. The number of rotatable bonds is 28. The zero-order valence-electron chi connectivity index (χ0n) is 50.6. The number of likely N-dealkylation sites (tertiary alicyclic amines) is 1. The molecule has 6 rings (SSSR count). The molecule has 7 amide bonds. The molecule has 1 aromatic heterocycles. The number of alkyl halides is 2. The van der Waals surface area contributed by atoms with Gasteiger partial charge in [-0.2, -0.15) is 5.26 Å². The average Bonchev–Trinajstić information content (AvgIpc) is 2.16. The van der Waals surface area contributed by atoms with Crippen LogP contribution in [0.2, 0.25) is 0 Å². The number of piperazine rings is 1. The number of fused-ring (bicyclic) bond motifs is 1. The van der Waals surface area contributed by atoms with E-state index in [-0.39, 0.29) is 116 Å². The summed E-state index contributed by atoms with van der Waals surface area (Å²) in [5.41, 5.74) is 2.93. The van der Waals surface area contributed by atoms with Crippen molar-refractivity contribution >= 4 is 80.6 Å². The maximum atomic E-state index is 13.9. The first kappa shape index (κ1) is 71.1. The normalized spacial score (nSPS) is 17.6. The van der Waals surface area contributed by atoms with Gasteiger partial charge in [-0.15, -0.1) is 0 Å². The van der Waals surface area contributed by atoms with Gasteiger partial charge in [0, 0.05) is 128 Å². The van der Waals surface area contributed by atoms with E-state index in [4.69, 9.17) is 4.74 Å². The Morgan fingerprint density at radius 2 is 1.32 bits per heavy atom. The number of nitriles is 1. The summed E-state index contributed by atoms with van der Waals surface area (Å²) >= 11 is 0.307. The Kier molecular flexibility index (Phi) is 28.5. The first-order valence-corrected chi connectivity index (χ1v) is 30.9. The van der Waals surface area contributed by atoms with Crippen LogP contribution in [0.3, 0.4) is 0 Å². The zero-order chi connectivity index (χ0) is 65.2. The van der Waals surface area contributed by atoms with Crippen LogP contribution in [-0.4, -0.2) is 268 Å². The summed E-state index contributed by atoms with van der Waals surface area (Å²) < 4.78 is 33.9. The number of carboxylic acids is 3. The number of thioether (sulfide) groups is 1. The number of carbonyl (C=O) groups excluding carboxylic acids is 7. The molecule has 0 unspecified atom stereocenters. The number of amides is 7. The molecule has 0 saturated carbocycles. The van der Waals surface area contributed by atoms with Crippen molar-refractivity contribution in [3.8, 4) is 11.8 Å². The molecule has 3 saturated heterocycles. The van der Waals surface area contributed by atoms with Gasteiger partial charge >= 0.3 is 17.9 Å². The summed E-state index contributed by atoms with van der Waals surface area (Å²) in [6.07, 6.45) is 4.59. The fraction of sp³-hybridized carbons (Fsp3) is 0.567. The van der Waals surface area contributed by atoms with Gasteiger partial charge < -0.3 is 45.8 Å². The number of nitrogens with zero attached hydrogens (tertiary/aromatic N) is 9. The fourth-order valence-electron chi connectivity index (χ4n) is 10.6. The number of carbonyl (C=O) groups is 10. The van der Waals surface area contributed by atoms with Gasteiger partial charge in [-0.05, 0) is 68.9 Å². The Morgan fingerprint density at radius 3 is 1.92 bits per heavy atom. The van der Waals surface area contributed by atoms with Crippen molar-refractivity contribution in [2.24, 2.45) is 0 Å². The molecule has 30 heteroatoms. The summed E-state index contributed by atoms with van der Waals surface area (Å²) in [6, 6.07) is 13.7. The van der Waals surface area contributed by atoms with Crippen LogP contribution in [0.25, 0.3) is 10.9 Å². The SMILES string of the molecule is Cc1ccc(CCCC(=O)NCCCCC[C@H](NC(=O)CN2CCN(CC(=O)O)CCN(CC(=O)O)CCN(CC(=O)O)CC2)C(=O)NC(=O)SC(=O)N2CCN(CCCOc3ccc4nccc(C(=O)NCC(=O)N5CC(F)(F)C[C@@H]5C#N)c4c3)CC2)cc1. The van der Waals surface area contributed by atoms with E-state index in [1.54, 1.807) is 43.9 Å². The molecule has 0 aliphatic carbocycles. The lowest BCUT2D eigenvalue weighted by molar-refractivity contribution is -0.140. The summed E-state index contributed by atoms with van der Waals surface area (Å²) in [7, 11) is 0. The second-order valence-electron chi connectivity index (χ2n) is 22.6. The van der Waals surface area contributed by atoms with Crippen molar-refractivity contribution in [2.45, 2.75) is 82.7 Å². The van der Waals surface area contributed by atoms with Crippen LogP contribution >= 0.6 is 11.8 Å². The third-order valence-corrected chi connectivity index (χ3v) is 16.2. The van der Waals surface area contributed by atoms with Crippen molar-refractivity contribution in [3.63, 3.8) is 0 Å². The number of benzene rings is 2. The smallest absolute Gasteiger partial charge is 0.317 e. The molecule has 3 aliphatic rings. The molecule has 3 fully saturated rings. The summed E-state index contributed by atoms with van der Waals surface area (Å²) in [5.74, 6) is -9.11. The molecule has 3 aromatic rings. The number of pyridine rings is 1. The van der Waals surface area contributed by atoms with Crippen molar-refractivity contribution in [2.75, 3.05) is 138 Å². The highest BCUT2D eigenvalue weighted by molar-refractivity contribution is 8.26. The van der Waals surface area contributed by atoms with Crippen LogP contribution in [0.5, 0.6) is 5.75 Å². The third kappa shape index (κ3) is 24.8. The molecular formula is C60H81F2N13O14S. The molecule has 2 atom stereocenters. The Labute approximate surface area is 524 Å². The topological polar surface area (TPSA) is 348 Å². The zero-order valence-corrected chi connectivity index (χ0v) is 51.4. The maximum absolute atomic E-state index is 13.9. The number of hydrogen-bond donors (Lipinski definition) is 7. The number of hydrogen-bond acceptors (Lipinski definition) is 19. The van der Waals surface area contributed by atoms with Crippen molar-refractivity contribution in [1.29, 1.82) is 5.26 Å². The van der Waals surface area contributed by atoms with Crippen LogP contribution in [0.4, 0.5) is 18.4 Å². The van der Waals surface area contributed by atoms with Gasteiger partial charge in [-0.25, -0.2) is 8.78 Å². The van der Waals surface area contributed by atoms with Crippen molar-refractivity contribution in [3.05, 3.63) is 71.4 Å². The van der Waals surface area contributed by atoms with Crippen molar-refractivity contribution in [1.82, 2.24) is 60.6 Å². The minimum atomic E-state index is -3.20. The number of aromatic nitrogens is 1. The van der Waals surface area contributed by atoms with Gasteiger partial charge in [0.25, 0.3) is 22.3 Å². The monoisotopic (exact) mass is 1280 g/mol. The van der Waals surface area contributed by atoms with E-state index in [9.17, 15) is 77.3 Å². The standard InChI is InChI=1S/C60H81F2N13O14S/c1-42-10-12-43(13-11-42)7-5-9-50(76)65-17-4-2-3-8-49(67-51(77)37-70-20-22-71(38-53(79)80)24-26-73(40-55(83)84)27-25-72(23-21-70)39-54(81)82)57(86)68-58(87)90-59(88)74-30-28-69(29-31-74)19-6-32-89-45-14-15-48-47(33-45)46(16-18-64-48)56(85)66-36-52(78)75-41-60(61,62)34-44(75)35-63/h10-16,18,33,44,49H,2-9,17,19-32,34,36-41H2,1H3,(H,65,76)(H,66,85)(H,67,77)(H,79,80)(H,81,82)(H,83,84)(H,68,86,87)/t44-,49+/m1/s1. The molecule has 3 aliphatic heterocycles. The Bertz CT molecular complexity index is 2990. The summed E-state index contributed by atoms with van der Waals surface area (Å²) in [4.78, 5) is 144. The molecule has 2 aromatic carbocycles. The molecule has 90 heavy (non-hydrogen) atoms. The molecular weight excluding hydrogens is 1200 g/mol. The van der Waals surface area contributed by atoms with Crippen LogP contribution in [0, 0.1) is 18.3 Å². The van der Waals surface area contributed by atoms with E-state index < -0.39 is 89.5 Å². The summed E-state index contributed by atoms with van der Waals surface area (Å²) in [6.45, 7) is 3.17. The quantitative estimate of drug-likeness (QED) is 0.0512. The average molecular weight is 1280 g/mol. The number of aliphatic carboxylic acids is 3. The van der Waals surface area contributed by atoms with E-state index in [1.165, 1.54) is 17.2 Å². The molecule has 0 bridgehead atoms. The number of aryl methyl sites for hydroxylation is 2. The first-order valence-electron chi connectivity index (χ1n) is 30.1. The van der Waals surface area contributed by atoms with Gasteiger partial charge in [-0.3, -0.25) is 82.7 Å². The minimum Gasteiger partial charge on any atom is -0.494 e. The maximum Gasteiger partial charge on any atom is 0.317 e. The van der Waals surface area contributed by atoms with E-state index in [0.717, 1.165) is 22.4 Å². The lowest BCUT2D eigenvalue weighted by atomic mass is 10.1. The lowest BCUT2D eigenvalue weighted by Crippen LogP contribution is -2.52. The highest BCUT2D eigenvalue weighted by Crippen LogP contribution is 2.32. The van der Waals surface area contributed by atoms with Gasteiger partial charge in [0.05, 0.1) is 63.0 Å². The summed E-state index contributed by atoms with van der Waals surface area (Å²) in [5, 5.41) is 47.4. The lowest BCUT2D eigenvalue weighted by Gasteiger charge is -2.34.